The van der Waals surface area contributed by atoms with Crippen molar-refractivity contribution in [2.75, 3.05) is 33.3 Å². The molecule has 28 heavy (non-hydrogen) atoms. The first-order valence-electron chi connectivity index (χ1n) is 9.67. The standard InChI is InChI=1S/C24H30N2O2/c1-4-15-26(3)16-14-25-24(27)13-17-28-19-22-11-9-21(10-12-22)18-23-8-6-5-7-20(23)2/h1,5-12H,13-19H2,2-3H3,(H,25,27). The molecule has 1 N–H and O–H groups in total. The Bertz CT molecular complexity index is 778. The SMILES string of the molecule is C#CCN(C)CCNC(=O)CCOCc1ccc(Cc2ccccc2C)cc1. The van der Waals surface area contributed by atoms with Gasteiger partial charge in [0.05, 0.1) is 19.8 Å². The summed E-state index contributed by atoms with van der Waals surface area (Å²) < 4.78 is 5.64. The van der Waals surface area contributed by atoms with Crippen LogP contribution in [0.25, 0.3) is 0 Å². The molecule has 4 nitrogen and oxygen atoms in total. The number of likely N-dealkylation sites (N-methyl/N-ethyl adjacent to an activating group) is 1. The van der Waals surface area contributed by atoms with Gasteiger partial charge in [0.2, 0.25) is 5.91 Å². The van der Waals surface area contributed by atoms with E-state index in [1.165, 1.54) is 16.7 Å². The minimum absolute atomic E-state index is 0.00249. The van der Waals surface area contributed by atoms with Crippen LogP contribution in [0.5, 0.6) is 0 Å². The van der Waals surface area contributed by atoms with Crippen LogP contribution in [0.15, 0.2) is 48.5 Å². The Morgan fingerprint density at radius 2 is 1.86 bits per heavy atom. The Kier molecular flexibility index (Phi) is 9.27. The fraction of sp³-hybridized carbons (Fsp3) is 0.375. The zero-order valence-electron chi connectivity index (χ0n) is 16.9. The van der Waals surface area contributed by atoms with E-state index in [4.69, 9.17) is 11.2 Å². The molecule has 0 aliphatic heterocycles. The molecule has 2 aromatic carbocycles. The summed E-state index contributed by atoms with van der Waals surface area (Å²) in [7, 11) is 1.93. The van der Waals surface area contributed by atoms with E-state index in [1.54, 1.807) is 0 Å². The third-order valence-corrected chi connectivity index (χ3v) is 4.60. The molecule has 1 amide bonds. The average molecular weight is 379 g/mol. The van der Waals surface area contributed by atoms with Crippen LogP contribution < -0.4 is 5.32 Å². The lowest BCUT2D eigenvalue weighted by Gasteiger charge is -2.13. The Hall–Kier alpha value is -2.61. The van der Waals surface area contributed by atoms with Gasteiger partial charge in [0.25, 0.3) is 0 Å². The van der Waals surface area contributed by atoms with E-state index in [2.05, 4.69) is 66.7 Å². The average Bonchev–Trinajstić information content (AvgIpc) is 2.68. The van der Waals surface area contributed by atoms with E-state index >= 15 is 0 Å². The van der Waals surface area contributed by atoms with E-state index in [0.29, 0.717) is 32.7 Å². The van der Waals surface area contributed by atoms with Gasteiger partial charge < -0.3 is 10.1 Å². The van der Waals surface area contributed by atoms with Crippen LogP contribution in [0.3, 0.4) is 0 Å². The lowest BCUT2D eigenvalue weighted by molar-refractivity contribution is -0.122. The number of terminal acetylenes is 1. The molecule has 148 valence electrons. The Morgan fingerprint density at radius 1 is 1.14 bits per heavy atom. The molecule has 0 fully saturated rings. The molecule has 0 bridgehead atoms. The van der Waals surface area contributed by atoms with E-state index < -0.39 is 0 Å². The van der Waals surface area contributed by atoms with Crippen molar-refractivity contribution in [3.63, 3.8) is 0 Å². The largest absolute Gasteiger partial charge is 0.376 e. The van der Waals surface area contributed by atoms with Crippen LogP contribution >= 0.6 is 0 Å². The summed E-state index contributed by atoms with van der Waals surface area (Å²) in [5, 5.41) is 2.88. The molecule has 0 saturated heterocycles. The molecule has 0 spiro atoms. The smallest absolute Gasteiger partial charge is 0.222 e. The quantitative estimate of drug-likeness (QED) is 0.482. The predicted molar refractivity (Wildman–Crippen MR) is 114 cm³/mol. The molecule has 0 aliphatic rings. The molecule has 0 aliphatic carbocycles. The van der Waals surface area contributed by atoms with Crippen LogP contribution in [0, 0.1) is 19.3 Å². The molecule has 0 unspecified atom stereocenters. The van der Waals surface area contributed by atoms with Gasteiger partial charge in [-0.25, -0.2) is 0 Å². The first-order valence-corrected chi connectivity index (χ1v) is 9.67. The van der Waals surface area contributed by atoms with E-state index in [1.807, 2.05) is 11.9 Å². The van der Waals surface area contributed by atoms with Crippen molar-refractivity contribution in [3.05, 3.63) is 70.8 Å². The van der Waals surface area contributed by atoms with Crippen molar-refractivity contribution in [1.82, 2.24) is 10.2 Å². The van der Waals surface area contributed by atoms with Gasteiger partial charge in [-0.2, -0.15) is 0 Å². The van der Waals surface area contributed by atoms with E-state index in [0.717, 1.165) is 18.5 Å². The minimum atomic E-state index is 0.00249. The summed E-state index contributed by atoms with van der Waals surface area (Å²) in [4.78, 5) is 13.8. The van der Waals surface area contributed by atoms with Gasteiger partial charge in [-0.05, 0) is 42.6 Å². The summed E-state index contributed by atoms with van der Waals surface area (Å²) in [6, 6.07) is 16.9. The zero-order valence-corrected chi connectivity index (χ0v) is 16.9. The predicted octanol–water partition coefficient (Wildman–Crippen LogP) is 3.17. The minimum Gasteiger partial charge on any atom is -0.376 e. The van der Waals surface area contributed by atoms with E-state index in [-0.39, 0.29) is 5.91 Å². The maximum absolute atomic E-state index is 11.8. The maximum Gasteiger partial charge on any atom is 0.222 e. The molecular weight excluding hydrogens is 348 g/mol. The molecular formula is C24H30N2O2. The van der Waals surface area contributed by atoms with Crippen molar-refractivity contribution < 1.29 is 9.53 Å². The highest BCUT2D eigenvalue weighted by Crippen LogP contribution is 2.14. The monoisotopic (exact) mass is 378 g/mol. The highest BCUT2D eigenvalue weighted by Gasteiger charge is 2.03. The second kappa shape index (κ2) is 12.0. The lowest BCUT2D eigenvalue weighted by atomic mass is 10.00. The molecule has 4 heteroatoms. The van der Waals surface area contributed by atoms with Crippen molar-refractivity contribution in [2.45, 2.75) is 26.4 Å². The number of rotatable bonds is 11. The number of aryl methyl sites for hydroxylation is 1. The fourth-order valence-electron chi connectivity index (χ4n) is 2.85. The van der Waals surface area contributed by atoms with Crippen molar-refractivity contribution in [2.24, 2.45) is 0 Å². The molecule has 2 rings (SSSR count). The number of carbonyl (C=O) groups is 1. The normalized spacial score (nSPS) is 10.6. The van der Waals surface area contributed by atoms with Gasteiger partial charge in [0, 0.05) is 19.5 Å². The molecule has 0 heterocycles. The maximum atomic E-state index is 11.8. The van der Waals surface area contributed by atoms with Gasteiger partial charge in [0.1, 0.15) is 0 Å². The second-order valence-electron chi connectivity index (χ2n) is 7.01. The third-order valence-electron chi connectivity index (χ3n) is 4.60. The van der Waals surface area contributed by atoms with Crippen molar-refractivity contribution in [1.29, 1.82) is 0 Å². The van der Waals surface area contributed by atoms with Gasteiger partial charge in [0.15, 0.2) is 0 Å². The number of nitrogens with zero attached hydrogens (tertiary/aromatic N) is 1. The van der Waals surface area contributed by atoms with Crippen LogP contribution in [0.1, 0.15) is 28.7 Å². The fourth-order valence-corrected chi connectivity index (χ4v) is 2.85. The van der Waals surface area contributed by atoms with Crippen LogP contribution in [0.2, 0.25) is 0 Å². The Morgan fingerprint density at radius 3 is 2.57 bits per heavy atom. The summed E-state index contributed by atoms with van der Waals surface area (Å²) in [6.45, 7) is 5.00. The molecule has 0 saturated carbocycles. The number of benzene rings is 2. The highest BCUT2D eigenvalue weighted by atomic mass is 16.5. The second-order valence-corrected chi connectivity index (χ2v) is 7.01. The Balaban J connectivity index is 1.63. The van der Waals surface area contributed by atoms with Crippen molar-refractivity contribution >= 4 is 5.91 Å². The molecule has 0 atom stereocenters. The van der Waals surface area contributed by atoms with Crippen LogP contribution in [0.4, 0.5) is 0 Å². The number of hydrogen-bond acceptors (Lipinski definition) is 3. The first kappa shape index (κ1) is 21.7. The molecule has 0 radical (unpaired) electrons. The van der Waals surface area contributed by atoms with Gasteiger partial charge in [-0.3, -0.25) is 9.69 Å². The highest BCUT2D eigenvalue weighted by molar-refractivity contribution is 5.75. The van der Waals surface area contributed by atoms with Crippen molar-refractivity contribution in [3.8, 4) is 12.3 Å². The summed E-state index contributed by atoms with van der Waals surface area (Å²) in [5.74, 6) is 2.58. The number of nitrogens with one attached hydrogen (secondary N) is 1. The topological polar surface area (TPSA) is 41.6 Å². The van der Waals surface area contributed by atoms with Gasteiger partial charge in [-0.1, -0.05) is 54.5 Å². The third kappa shape index (κ3) is 7.96. The van der Waals surface area contributed by atoms with Crippen LogP contribution in [-0.4, -0.2) is 44.1 Å². The number of carbonyl (C=O) groups excluding carboxylic acids is 1. The molecule has 2 aromatic rings. The van der Waals surface area contributed by atoms with Gasteiger partial charge >= 0.3 is 0 Å². The van der Waals surface area contributed by atoms with E-state index in [9.17, 15) is 4.79 Å². The summed E-state index contributed by atoms with van der Waals surface area (Å²) >= 11 is 0. The first-order chi connectivity index (χ1) is 13.6. The number of ether oxygens (including phenoxy) is 1. The number of amides is 1. The molecule has 0 aromatic heterocycles. The number of hydrogen-bond donors (Lipinski definition) is 1. The summed E-state index contributed by atoms with van der Waals surface area (Å²) in [5.41, 5.74) is 5.07. The van der Waals surface area contributed by atoms with Gasteiger partial charge in [-0.15, -0.1) is 6.42 Å². The Labute approximate surface area is 168 Å². The van der Waals surface area contributed by atoms with Crippen LogP contribution in [-0.2, 0) is 22.6 Å². The zero-order chi connectivity index (χ0) is 20.2. The summed E-state index contributed by atoms with van der Waals surface area (Å²) in [6.07, 6.45) is 6.54. The lowest BCUT2D eigenvalue weighted by Crippen LogP contribution is -2.33.